The van der Waals surface area contributed by atoms with Gasteiger partial charge in [0.2, 0.25) is 5.91 Å². The number of aromatic amines is 1. The van der Waals surface area contributed by atoms with Gasteiger partial charge in [-0.15, -0.1) is 22.7 Å². The highest BCUT2D eigenvalue weighted by Gasteiger charge is 2.17. The van der Waals surface area contributed by atoms with E-state index in [2.05, 4.69) is 20.3 Å². The summed E-state index contributed by atoms with van der Waals surface area (Å²) in [5.74, 6) is 0.0737. The van der Waals surface area contributed by atoms with Crippen LogP contribution in [0.25, 0.3) is 10.9 Å². The lowest BCUT2D eigenvalue weighted by atomic mass is 10.2. The summed E-state index contributed by atoms with van der Waals surface area (Å²) in [6.45, 7) is 2.52. The maximum atomic E-state index is 12.8. The number of fused-ring (bicyclic) bond motifs is 1. The molecule has 2 N–H and O–H groups in total. The number of carbonyl (C=O) groups is 2. The minimum Gasteiger partial charge on any atom is -0.335 e. The Labute approximate surface area is 185 Å². The van der Waals surface area contributed by atoms with Gasteiger partial charge in [0.25, 0.3) is 11.5 Å². The molecule has 8 nitrogen and oxygen atoms in total. The number of aromatic nitrogens is 3. The lowest BCUT2D eigenvalue weighted by Crippen LogP contribution is -2.33. The molecule has 0 bridgehead atoms. The molecule has 158 valence electrons. The first-order valence-corrected chi connectivity index (χ1v) is 11.3. The van der Waals surface area contributed by atoms with Crippen LogP contribution in [0.2, 0.25) is 0 Å². The van der Waals surface area contributed by atoms with Crippen molar-refractivity contribution in [2.75, 3.05) is 11.9 Å². The van der Waals surface area contributed by atoms with Crippen molar-refractivity contribution < 1.29 is 9.59 Å². The molecular formula is C21H19N5O3S2. The van der Waals surface area contributed by atoms with Crippen molar-refractivity contribution in [2.24, 2.45) is 0 Å². The van der Waals surface area contributed by atoms with E-state index in [1.54, 1.807) is 34.5 Å². The number of anilines is 1. The third-order valence-corrected chi connectivity index (χ3v) is 6.26. The van der Waals surface area contributed by atoms with Crippen LogP contribution < -0.4 is 10.9 Å². The first kappa shape index (κ1) is 20.9. The van der Waals surface area contributed by atoms with Crippen LogP contribution in [0.1, 0.15) is 28.1 Å². The number of hydrogen-bond acceptors (Lipinski definition) is 7. The summed E-state index contributed by atoms with van der Waals surface area (Å²) in [6, 6.07) is 10.6. The van der Waals surface area contributed by atoms with Crippen LogP contribution in [-0.2, 0) is 17.8 Å². The lowest BCUT2D eigenvalue weighted by Gasteiger charge is -2.20. The monoisotopic (exact) mass is 453 g/mol. The zero-order valence-corrected chi connectivity index (χ0v) is 18.3. The Balaban J connectivity index is 1.42. The van der Waals surface area contributed by atoms with Crippen LogP contribution >= 0.6 is 22.7 Å². The number of amides is 2. The number of nitrogens with zero attached hydrogens (tertiary/aromatic N) is 3. The average Bonchev–Trinajstić information content (AvgIpc) is 3.44. The Morgan fingerprint density at radius 1 is 1.13 bits per heavy atom. The fraction of sp³-hybridized carbons (Fsp3) is 0.190. The van der Waals surface area contributed by atoms with Gasteiger partial charge < -0.3 is 9.88 Å². The van der Waals surface area contributed by atoms with Crippen molar-refractivity contribution in [2.45, 2.75) is 19.9 Å². The molecule has 0 fully saturated rings. The van der Waals surface area contributed by atoms with E-state index in [0.29, 0.717) is 39.0 Å². The first-order valence-electron chi connectivity index (χ1n) is 9.58. The molecule has 0 radical (unpaired) electrons. The molecule has 3 heterocycles. The number of para-hydroxylation sites is 1. The van der Waals surface area contributed by atoms with Gasteiger partial charge in [-0.05, 0) is 30.5 Å². The summed E-state index contributed by atoms with van der Waals surface area (Å²) >= 11 is 2.62. The van der Waals surface area contributed by atoms with Gasteiger partial charge in [-0.1, -0.05) is 18.2 Å². The summed E-state index contributed by atoms with van der Waals surface area (Å²) < 4.78 is 0. The Hall–Kier alpha value is -3.37. The Kier molecular flexibility index (Phi) is 6.19. The average molecular weight is 454 g/mol. The van der Waals surface area contributed by atoms with E-state index in [1.165, 1.54) is 22.7 Å². The number of benzene rings is 1. The second-order valence-electron chi connectivity index (χ2n) is 6.69. The number of H-pyrrole nitrogens is 1. The molecule has 31 heavy (non-hydrogen) atoms. The van der Waals surface area contributed by atoms with Gasteiger partial charge in [-0.25, -0.2) is 9.97 Å². The molecule has 0 unspecified atom stereocenters. The van der Waals surface area contributed by atoms with Crippen molar-refractivity contribution in [1.29, 1.82) is 0 Å². The molecule has 3 aromatic heterocycles. The van der Waals surface area contributed by atoms with Gasteiger partial charge in [0.1, 0.15) is 5.82 Å². The molecule has 0 saturated heterocycles. The highest BCUT2D eigenvalue weighted by molar-refractivity contribution is 7.14. The predicted octanol–water partition coefficient (Wildman–Crippen LogP) is 3.28. The van der Waals surface area contributed by atoms with E-state index in [-0.39, 0.29) is 30.3 Å². The fourth-order valence-corrected chi connectivity index (χ4v) is 4.37. The fourth-order valence-electron chi connectivity index (χ4n) is 3.05. The summed E-state index contributed by atoms with van der Waals surface area (Å²) in [6.07, 6.45) is 0.0943. The minimum absolute atomic E-state index is 0.0943. The second kappa shape index (κ2) is 9.19. The summed E-state index contributed by atoms with van der Waals surface area (Å²) in [5.41, 5.74) is 0.944. The van der Waals surface area contributed by atoms with E-state index >= 15 is 0 Å². The van der Waals surface area contributed by atoms with Crippen LogP contribution in [0.4, 0.5) is 5.13 Å². The lowest BCUT2D eigenvalue weighted by molar-refractivity contribution is -0.131. The number of thiophene rings is 1. The third-order valence-electron chi connectivity index (χ3n) is 4.59. The van der Waals surface area contributed by atoms with Crippen LogP contribution in [0.15, 0.2) is 52.0 Å². The molecule has 2 amide bonds. The SMILES string of the molecule is CCN(Cc1nc2ccccc2c(=O)[nH]1)C(=O)Cc1csc(NC(=O)c2cccs2)n1. The smallest absolute Gasteiger partial charge is 0.267 e. The van der Waals surface area contributed by atoms with Gasteiger partial charge in [-0.2, -0.15) is 0 Å². The van der Waals surface area contributed by atoms with E-state index in [4.69, 9.17) is 0 Å². The molecular weight excluding hydrogens is 434 g/mol. The predicted molar refractivity (Wildman–Crippen MR) is 122 cm³/mol. The van der Waals surface area contributed by atoms with Gasteiger partial charge in [0.15, 0.2) is 5.13 Å². The largest absolute Gasteiger partial charge is 0.335 e. The van der Waals surface area contributed by atoms with Crippen molar-refractivity contribution in [3.8, 4) is 0 Å². The highest BCUT2D eigenvalue weighted by Crippen LogP contribution is 2.19. The van der Waals surface area contributed by atoms with E-state index < -0.39 is 0 Å². The maximum Gasteiger partial charge on any atom is 0.267 e. The maximum absolute atomic E-state index is 12.8. The molecule has 10 heteroatoms. The molecule has 4 rings (SSSR count). The molecule has 0 aliphatic rings. The summed E-state index contributed by atoms with van der Waals surface area (Å²) in [4.78, 5) is 51.0. The summed E-state index contributed by atoms with van der Waals surface area (Å²) in [7, 11) is 0. The van der Waals surface area contributed by atoms with Gasteiger partial charge in [-0.3, -0.25) is 19.7 Å². The van der Waals surface area contributed by atoms with Crippen LogP contribution in [0, 0.1) is 0 Å². The first-order chi connectivity index (χ1) is 15.0. The van der Waals surface area contributed by atoms with Crippen LogP contribution in [0.5, 0.6) is 0 Å². The van der Waals surface area contributed by atoms with Gasteiger partial charge in [0.05, 0.1) is 34.4 Å². The number of likely N-dealkylation sites (N-methyl/N-ethyl adjacent to an activating group) is 1. The van der Waals surface area contributed by atoms with E-state index in [9.17, 15) is 14.4 Å². The van der Waals surface area contributed by atoms with Gasteiger partial charge in [0, 0.05) is 11.9 Å². The van der Waals surface area contributed by atoms with Crippen LogP contribution in [0.3, 0.4) is 0 Å². The molecule has 0 saturated carbocycles. The normalized spacial score (nSPS) is 10.9. The quantitative estimate of drug-likeness (QED) is 0.446. The van der Waals surface area contributed by atoms with Crippen molar-refractivity contribution in [3.63, 3.8) is 0 Å². The number of rotatable bonds is 7. The molecule has 0 atom stereocenters. The highest BCUT2D eigenvalue weighted by atomic mass is 32.1. The second-order valence-corrected chi connectivity index (χ2v) is 8.50. The van der Waals surface area contributed by atoms with E-state index in [1.807, 2.05) is 24.4 Å². The van der Waals surface area contributed by atoms with Crippen molar-refractivity contribution in [3.05, 3.63) is 73.9 Å². The molecule has 0 aliphatic carbocycles. The standard InChI is InChI=1S/C21H19N5O3S2/c1-2-26(11-17-23-15-7-4-3-6-14(15)19(28)24-17)18(27)10-13-12-31-21(22-13)25-20(29)16-8-5-9-30-16/h3-9,12H,2,10-11H2,1H3,(H,22,25,29)(H,23,24,28). The Morgan fingerprint density at radius 2 is 1.97 bits per heavy atom. The Bertz CT molecular complexity index is 1280. The molecule has 4 aromatic rings. The number of thiazole rings is 1. The number of nitrogens with one attached hydrogen (secondary N) is 2. The summed E-state index contributed by atoms with van der Waals surface area (Å²) in [5, 5.41) is 7.30. The van der Waals surface area contributed by atoms with Crippen LogP contribution in [-0.4, -0.2) is 38.2 Å². The van der Waals surface area contributed by atoms with Crippen molar-refractivity contribution >= 4 is 50.5 Å². The van der Waals surface area contributed by atoms with Gasteiger partial charge >= 0.3 is 0 Å². The topological polar surface area (TPSA) is 108 Å². The molecule has 1 aromatic carbocycles. The molecule has 0 aliphatic heterocycles. The zero-order chi connectivity index (χ0) is 21.8. The van der Waals surface area contributed by atoms with Crippen molar-refractivity contribution in [1.82, 2.24) is 19.9 Å². The number of carbonyl (C=O) groups excluding carboxylic acids is 2. The van der Waals surface area contributed by atoms with E-state index in [0.717, 1.165) is 0 Å². The number of hydrogen-bond donors (Lipinski definition) is 2. The minimum atomic E-state index is -0.227. The third kappa shape index (κ3) is 4.86. The zero-order valence-electron chi connectivity index (χ0n) is 16.6. The Morgan fingerprint density at radius 3 is 2.74 bits per heavy atom. The molecule has 0 spiro atoms.